The van der Waals surface area contributed by atoms with Gasteiger partial charge in [0.05, 0.1) is 40.3 Å². The van der Waals surface area contributed by atoms with Crippen molar-refractivity contribution in [2.75, 3.05) is 30.3 Å². The van der Waals surface area contributed by atoms with Gasteiger partial charge in [-0.15, -0.1) is 10.2 Å². The molecule has 0 atom stereocenters. The molecule has 0 bridgehead atoms. The SMILES string of the molecule is CCC(C)(C)c1ccc(OCCCCNS(=O)(=O)c2ccc3c(NS(=O)(=O)c4ccc(NC(C)=O)c5c(O)c(N=Nc6ccccc6OC)ccc45)c(O)ccc3c2)c(C(C)(C)CC)c1. The number of phenols is 2. The van der Waals surface area contributed by atoms with E-state index in [4.69, 9.17) is 9.47 Å². The van der Waals surface area contributed by atoms with Crippen LogP contribution in [0.1, 0.15) is 85.3 Å². The minimum Gasteiger partial charge on any atom is -0.506 e. The van der Waals surface area contributed by atoms with E-state index >= 15 is 0 Å². The summed E-state index contributed by atoms with van der Waals surface area (Å²) in [6.07, 6.45) is 3.08. The van der Waals surface area contributed by atoms with Crippen LogP contribution in [0, 0.1) is 0 Å². The second-order valence-corrected chi connectivity index (χ2v) is 20.5. The number of para-hydroxylation sites is 1. The number of amides is 1. The Balaban J connectivity index is 1.19. The van der Waals surface area contributed by atoms with Gasteiger partial charge >= 0.3 is 0 Å². The number of methoxy groups -OCH3 is 1. The van der Waals surface area contributed by atoms with Gasteiger partial charge in [-0.1, -0.05) is 84.0 Å². The minimum atomic E-state index is -4.53. The van der Waals surface area contributed by atoms with Crippen molar-refractivity contribution in [3.05, 3.63) is 108 Å². The van der Waals surface area contributed by atoms with Crippen LogP contribution in [-0.2, 0) is 35.7 Å². The molecule has 0 aliphatic carbocycles. The predicted octanol–water partition coefficient (Wildman–Crippen LogP) is 11.1. The molecule has 65 heavy (non-hydrogen) atoms. The number of hydrogen-bond donors (Lipinski definition) is 5. The summed E-state index contributed by atoms with van der Waals surface area (Å²) in [5.41, 5.74) is 2.66. The van der Waals surface area contributed by atoms with E-state index in [0.717, 1.165) is 24.2 Å². The highest BCUT2D eigenvalue weighted by atomic mass is 32.2. The normalized spacial score (nSPS) is 12.5. The summed E-state index contributed by atoms with van der Waals surface area (Å²) in [7, 11) is -7.03. The number of nitrogens with one attached hydrogen (secondary N) is 3. The molecular formula is C49H57N5O9S2. The zero-order chi connectivity index (χ0) is 47.3. The molecule has 0 unspecified atom stereocenters. The van der Waals surface area contributed by atoms with Crippen molar-refractivity contribution >= 4 is 70.2 Å². The summed E-state index contributed by atoms with van der Waals surface area (Å²) < 4.78 is 72.0. The third kappa shape index (κ3) is 10.7. The number of fused-ring (bicyclic) bond motifs is 2. The summed E-state index contributed by atoms with van der Waals surface area (Å²) in [4.78, 5) is 11.8. The molecule has 0 aromatic heterocycles. The maximum absolute atomic E-state index is 14.2. The van der Waals surface area contributed by atoms with Crippen LogP contribution < -0.4 is 24.2 Å². The molecule has 6 aromatic carbocycles. The summed E-state index contributed by atoms with van der Waals surface area (Å²) in [6, 6.07) is 25.6. The van der Waals surface area contributed by atoms with Crippen LogP contribution in [0.25, 0.3) is 21.5 Å². The van der Waals surface area contributed by atoms with Crippen LogP contribution in [0.4, 0.5) is 22.7 Å². The van der Waals surface area contributed by atoms with E-state index in [9.17, 15) is 31.8 Å². The molecule has 0 saturated heterocycles. The smallest absolute Gasteiger partial charge is 0.262 e. The van der Waals surface area contributed by atoms with Gasteiger partial charge in [0.25, 0.3) is 10.0 Å². The second-order valence-electron chi connectivity index (χ2n) is 17.1. The Labute approximate surface area is 381 Å². The van der Waals surface area contributed by atoms with Crippen LogP contribution in [0.5, 0.6) is 23.0 Å². The molecule has 0 heterocycles. The van der Waals surface area contributed by atoms with Crippen LogP contribution in [0.2, 0.25) is 0 Å². The second kappa shape index (κ2) is 19.5. The fourth-order valence-corrected chi connectivity index (χ4v) is 9.69. The first-order valence-electron chi connectivity index (χ1n) is 21.4. The Morgan fingerprint density at radius 1 is 0.738 bits per heavy atom. The maximum atomic E-state index is 14.2. The van der Waals surface area contributed by atoms with Gasteiger partial charge in [-0.25, -0.2) is 21.6 Å². The number of sulfonamides is 2. The third-order valence-electron chi connectivity index (χ3n) is 11.9. The lowest BCUT2D eigenvalue weighted by Gasteiger charge is -2.30. The average molecular weight is 924 g/mol. The maximum Gasteiger partial charge on any atom is 0.262 e. The quantitative estimate of drug-likeness (QED) is 0.0297. The molecule has 6 aromatic rings. The molecule has 1 amide bonds. The van der Waals surface area contributed by atoms with E-state index in [0.29, 0.717) is 36.3 Å². The van der Waals surface area contributed by atoms with Crippen molar-refractivity contribution in [3.63, 3.8) is 0 Å². The fraction of sp³-hybridized carbons (Fsp3) is 0.327. The van der Waals surface area contributed by atoms with Crippen LogP contribution >= 0.6 is 0 Å². The number of aromatic hydroxyl groups is 2. The van der Waals surface area contributed by atoms with E-state index in [1.54, 1.807) is 24.3 Å². The minimum absolute atomic E-state index is 0.0169. The van der Waals surface area contributed by atoms with Gasteiger partial charge < -0.3 is 25.0 Å². The topological polar surface area (TPSA) is 205 Å². The molecule has 0 spiro atoms. The number of carbonyl (C=O) groups is 1. The number of ether oxygens (including phenoxy) is 2. The molecule has 16 heteroatoms. The van der Waals surface area contributed by atoms with E-state index in [-0.39, 0.29) is 60.4 Å². The fourth-order valence-electron chi connectivity index (χ4n) is 7.28. The molecule has 0 radical (unpaired) electrons. The zero-order valence-electron chi connectivity index (χ0n) is 37.9. The summed E-state index contributed by atoms with van der Waals surface area (Å²) in [5.74, 6) is -0.0607. The lowest BCUT2D eigenvalue weighted by molar-refractivity contribution is -0.114. The number of nitrogens with zero attached hydrogens (tertiary/aromatic N) is 2. The number of benzene rings is 6. The average Bonchev–Trinajstić information content (AvgIpc) is 3.27. The molecule has 0 aliphatic rings. The highest BCUT2D eigenvalue weighted by molar-refractivity contribution is 7.93. The zero-order valence-corrected chi connectivity index (χ0v) is 39.6. The van der Waals surface area contributed by atoms with Crippen LogP contribution in [0.3, 0.4) is 0 Å². The number of unbranched alkanes of at least 4 members (excludes halogenated alkanes) is 1. The first-order valence-corrected chi connectivity index (χ1v) is 24.4. The summed E-state index contributed by atoms with van der Waals surface area (Å²) >= 11 is 0. The van der Waals surface area contributed by atoms with Gasteiger partial charge in [0.1, 0.15) is 28.6 Å². The molecule has 0 aliphatic heterocycles. The van der Waals surface area contributed by atoms with Gasteiger partial charge in [-0.05, 0) is 102 Å². The number of anilines is 2. The molecule has 0 saturated carbocycles. The Morgan fingerprint density at radius 2 is 1.45 bits per heavy atom. The molecule has 6 rings (SSSR count). The van der Waals surface area contributed by atoms with Crippen LogP contribution in [0.15, 0.2) is 117 Å². The van der Waals surface area contributed by atoms with Crippen molar-refractivity contribution in [1.82, 2.24) is 4.72 Å². The van der Waals surface area contributed by atoms with E-state index in [1.807, 2.05) is 6.07 Å². The van der Waals surface area contributed by atoms with Crippen molar-refractivity contribution in [1.29, 1.82) is 0 Å². The van der Waals surface area contributed by atoms with Gasteiger partial charge in [0.15, 0.2) is 5.75 Å². The van der Waals surface area contributed by atoms with E-state index < -0.39 is 37.5 Å². The van der Waals surface area contributed by atoms with Gasteiger partial charge in [0, 0.05) is 29.8 Å². The summed E-state index contributed by atoms with van der Waals surface area (Å²) in [5, 5.41) is 34.0. The lowest BCUT2D eigenvalue weighted by Crippen LogP contribution is -2.25. The number of hydrogen-bond acceptors (Lipinski definition) is 11. The number of phenolic OH excluding ortho intramolecular Hbond substituents is 2. The van der Waals surface area contributed by atoms with Gasteiger partial charge in [0.2, 0.25) is 15.9 Å². The van der Waals surface area contributed by atoms with Gasteiger partial charge in [-0.2, -0.15) is 0 Å². The Morgan fingerprint density at radius 3 is 2.15 bits per heavy atom. The number of azo groups is 1. The van der Waals surface area contributed by atoms with Crippen molar-refractivity contribution in [2.24, 2.45) is 10.2 Å². The molecule has 0 fully saturated rings. The third-order valence-corrected chi connectivity index (χ3v) is 14.8. The van der Waals surface area contributed by atoms with E-state index in [1.165, 1.54) is 74.2 Å². The first kappa shape index (κ1) is 48.2. The molecular weight excluding hydrogens is 867 g/mol. The van der Waals surface area contributed by atoms with Crippen LogP contribution in [-0.4, -0.2) is 53.2 Å². The van der Waals surface area contributed by atoms with E-state index in [2.05, 4.69) is 78.7 Å². The highest BCUT2D eigenvalue weighted by Gasteiger charge is 2.28. The number of carbonyl (C=O) groups excluding carboxylic acids is 1. The van der Waals surface area contributed by atoms with Crippen molar-refractivity contribution in [3.8, 4) is 23.0 Å². The van der Waals surface area contributed by atoms with Crippen molar-refractivity contribution in [2.45, 2.75) is 94.8 Å². The van der Waals surface area contributed by atoms with Gasteiger partial charge in [-0.3, -0.25) is 9.52 Å². The standard InChI is InChI=1S/C49H57N5O9S2/c1-9-48(4,5)33-18-25-42(37(30-33)49(6,7)10-2)63-28-14-13-27-50-64(58,59)34-19-20-35-32(29-34)17-24-41(56)46(35)54-65(60,61)44-26-23-39(51-31(3)55)45-36(44)21-22-40(47(45)57)53-52-38-15-11-12-16-43(38)62-8/h11-12,15-26,29-30,50,54,56-57H,9-10,13-14,27-28H2,1-8H3,(H,51,55). The number of rotatable bonds is 19. The predicted molar refractivity (Wildman–Crippen MR) is 257 cm³/mol. The molecule has 5 N–H and O–H groups in total. The molecule has 14 nitrogen and oxygen atoms in total. The van der Waals surface area contributed by atoms with Crippen molar-refractivity contribution < 1.29 is 41.3 Å². The monoisotopic (exact) mass is 923 g/mol. The first-order chi connectivity index (χ1) is 30.7. The largest absolute Gasteiger partial charge is 0.506 e. The highest BCUT2D eigenvalue weighted by Crippen LogP contribution is 2.44. The Hall–Kier alpha value is -6.23. The lowest BCUT2D eigenvalue weighted by atomic mass is 9.76. The Bertz CT molecular complexity index is 3010. The summed E-state index contributed by atoms with van der Waals surface area (Å²) in [6.45, 7) is 15.1. The Kier molecular flexibility index (Phi) is 14.5. The molecule has 344 valence electrons.